The summed E-state index contributed by atoms with van der Waals surface area (Å²) in [5.74, 6) is -0.660. The van der Waals surface area contributed by atoms with Crippen LogP contribution in [0, 0.1) is 39.8 Å². The molecule has 0 spiro atoms. The van der Waals surface area contributed by atoms with Gasteiger partial charge in [0.15, 0.2) is 11.4 Å². The molecule has 1 heterocycles. The molecule has 0 radical (unpaired) electrons. The molecule has 0 saturated heterocycles. The molecule has 84 valence electrons. The van der Waals surface area contributed by atoms with Gasteiger partial charge in [-0.15, -0.1) is 0 Å². The van der Waals surface area contributed by atoms with Crippen LogP contribution in [0.5, 0.6) is 0 Å². The Kier molecular flexibility index (Phi) is 2.75. The second kappa shape index (κ2) is 4.37. The summed E-state index contributed by atoms with van der Waals surface area (Å²) in [7, 11) is 0. The predicted molar refractivity (Wildman–Crippen MR) is 57.7 cm³/mol. The maximum atomic E-state index is 13.8. The Morgan fingerprint density at radius 3 is 2.44 bits per heavy atom. The highest BCUT2D eigenvalue weighted by molar-refractivity contribution is 5.47. The molecule has 5 nitrogen and oxygen atoms in total. The zero-order chi connectivity index (χ0) is 13.1. The molecule has 0 fully saturated rings. The summed E-state index contributed by atoms with van der Waals surface area (Å²) < 4.78 is 14.9. The van der Waals surface area contributed by atoms with Crippen molar-refractivity contribution < 1.29 is 4.39 Å². The molecule has 0 N–H and O–H groups in total. The van der Waals surface area contributed by atoms with Crippen LogP contribution < -0.4 is 0 Å². The highest BCUT2D eigenvalue weighted by Gasteiger charge is 2.14. The van der Waals surface area contributed by atoms with E-state index in [1.165, 1.54) is 23.0 Å². The van der Waals surface area contributed by atoms with Crippen LogP contribution in [0.1, 0.15) is 17.0 Å². The lowest BCUT2D eigenvalue weighted by Gasteiger charge is -2.05. The third-order valence-corrected chi connectivity index (χ3v) is 2.32. The SMILES string of the molecule is N#Cc1ccc(-n2cnc(C#N)c2C#N)c(F)c1. The summed E-state index contributed by atoms with van der Waals surface area (Å²) in [6.45, 7) is 0. The third kappa shape index (κ3) is 1.67. The molecule has 2 aromatic rings. The third-order valence-electron chi connectivity index (χ3n) is 2.32. The Labute approximate surface area is 102 Å². The van der Waals surface area contributed by atoms with Crippen molar-refractivity contribution in [1.29, 1.82) is 15.8 Å². The van der Waals surface area contributed by atoms with Gasteiger partial charge in [-0.05, 0) is 18.2 Å². The standard InChI is InChI=1S/C12H4FN5/c13-9-3-8(4-14)1-2-11(9)18-7-17-10(5-15)12(18)6-16/h1-3,7H. The van der Waals surface area contributed by atoms with E-state index < -0.39 is 5.82 Å². The van der Waals surface area contributed by atoms with Crippen molar-refractivity contribution in [3.63, 3.8) is 0 Å². The minimum atomic E-state index is -0.660. The molecule has 0 amide bonds. The predicted octanol–water partition coefficient (Wildman–Crippen LogP) is 1.63. The van der Waals surface area contributed by atoms with Crippen molar-refractivity contribution in [2.24, 2.45) is 0 Å². The second-order valence-corrected chi connectivity index (χ2v) is 3.31. The van der Waals surface area contributed by atoms with Gasteiger partial charge < -0.3 is 0 Å². The topological polar surface area (TPSA) is 89.2 Å². The van der Waals surface area contributed by atoms with Crippen molar-refractivity contribution in [2.75, 3.05) is 0 Å². The van der Waals surface area contributed by atoms with Crippen LogP contribution in [-0.4, -0.2) is 9.55 Å². The lowest BCUT2D eigenvalue weighted by molar-refractivity contribution is 0.617. The summed E-state index contributed by atoms with van der Waals surface area (Å²) in [4.78, 5) is 3.71. The van der Waals surface area contributed by atoms with Gasteiger partial charge in [0.25, 0.3) is 0 Å². The van der Waals surface area contributed by atoms with Gasteiger partial charge in [0.05, 0.1) is 17.3 Å². The fraction of sp³-hybridized carbons (Fsp3) is 0. The first-order valence-corrected chi connectivity index (χ1v) is 4.79. The first-order chi connectivity index (χ1) is 8.71. The number of halogens is 1. The van der Waals surface area contributed by atoms with E-state index in [4.69, 9.17) is 15.8 Å². The van der Waals surface area contributed by atoms with Crippen molar-refractivity contribution in [3.8, 4) is 23.9 Å². The summed E-state index contributed by atoms with van der Waals surface area (Å²) >= 11 is 0. The van der Waals surface area contributed by atoms with Crippen LogP contribution >= 0.6 is 0 Å². The van der Waals surface area contributed by atoms with Gasteiger partial charge in [0.2, 0.25) is 0 Å². The van der Waals surface area contributed by atoms with Gasteiger partial charge in [0, 0.05) is 0 Å². The average Bonchev–Trinajstić information content (AvgIpc) is 2.81. The smallest absolute Gasteiger partial charge is 0.177 e. The summed E-state index contributed by atoms with van der Waals surface area (Å²) in [5, 5.41) is 26.3. The molecule has 2 rings (SSSR count). The van der Waals surface area contributed by atoms with Crippen LogP contribution in [0.4, 0.5) is 4.39 Å². The molecule has 1 aromatic carbocycles. The van der Waals surface area contributed by atoms with E-state index in [1.54, 1.807) is 12.1 Å². The normalized spacial score (nSPS) is 9.22. The number of hydrogen-bond donors (Lipinski definition) is 0. The Bertz CT molecular complexity index is 739. The maximum absolute atomic E-state index is 13.8. The van der Waals surface area contributed by atoms with E-state index in [9.17, 15) is 4.39 Å². The largest absolute Gasteiger partial charge is 0.286 e. The number of nitrogens with zero attached hydrogens (tertiary/aromatic N) is 5. The van der Waals surface area contributed by atoms with Crippen LogP contribution in [-0.2, 0) is 0 Å². The molecule has 0 aliphatic heterocycles. The lowest BCUT2D eigenvalue weighted by atomic mass is 10.2. The lowest BCUT2D eigenvalue weighted by Crippen LogP contribution is -2.00. The summed E-state index contributed by atoms with van der Waals surface area (Å²) in [6, 6.07) is 9.19. The van der Waals surface area contributed by atoms with Crippen molar-refractivity contribution in [2.45, 2.75) is 0 Å². The van der Waals surface area contributed by atoms with Crippen LogP contribution in [0.2, 0.25) is 0 Å². The maximum Gasteiger partial charge on any atom is 0.177 e. The Morgan fingerprint density at radius 1 is 1.11 bits per heavy atom. The van der Waals surface area contributed by atoms with Gasteiger partial charge in [-0.2, -0.15) is 15.8 Å². The van der Waals surface area contributed by atoms with Crippen LogP contribution in [0.15, 0.2) is 24.5 Å². The molecule has 0 bridgehead atoms. The number of hydrogen-bond acceptors (Lipinski definition) is 4. The number of benzene rings is 1. The molecule has 18 heavy (non-hydrogen) atoms. The highest BCUT2D eigenvalue weighted by Crippen LogP contribution is 2.18. The van der Waals surface area contributed by atoms with Crippen molar-refractivity contribution in [1.82, 2.24) is 9.55 Å². The van der Waals surface area contributed by atoms with Gasteiger partial charge >= 0.3 is 0 Å². The molecular weight excluding hydrogens is 233 g/mol. The zero-order valence-electron chi connectivity index (χ0n) is 8.92. The van der Waals surface area contributed by atoms with E-state index in [0.717, 1.165) is 6.07 Å². The minimum absolute atomic E-state index is 0.0406. The molecule has 0 atom stereocenters. The fourth-order valence-electron chi connectivity index (χ4n) is 1.49. The molecule has 0 unspecified atom stereocenters. The van der Waals surface area contributed by atoms with Crippen LogP contribution in [0.25, 0.3) is 5.69 Å². The molecule has 6 heteroatoms. The van der Waals surface area contributed by atoms with E-state index in [1.807, 2.05) is 6.07 Å². The highest BCUT2D eigenvalue weighted by atomic mass is 19.1. The average molecular weight is 237 g/mol. The monoisotopic (exact) mass is 237 g/mol. The minimum Gasteiger partial charge on any atom is -0.286 e. The Hall–Kier alpha value is -3.17. The van der Waals surface area contributed by atoms with Crippen LogP contribution in [0.3, 0.4) is 0 Å². The number of aromatic nitrogens is 2. The first kappa shape index (κ1) is 11.3. The molecule has 1 aromatic heterocycles. The number of rotatable bonds is 1. The van der Waals surface area contributed by atoms with E-state index >= 15 is 0 Å². The summed E-state index contributed by atoms with van der Waals surface area (Å²) in [6.07, 6.45) is 1.20. The van der Waals surface area contributed by atoms with E-state index in [-0.39, 0.29) is 22.6 Å². The molecular formula is C12H4FN5. The number of nitriles is 3. The van der Waals surface area contributed by atoms with Gasteiger partial charge in [-0.3, -0.25) is 4.57 Å². The van der Waals surface area contributed by atoms with E-state index in [0.29, 0.717) is 0 Å². The molecule has 0 aliphatic rings. The fourth-order valence-corrected chi connectivity index (χ4v) is 1.49. The molecule has 0 aliphatic carbocycles. The number of imidazole rings is 1. The summed E-state index contributed by atoms with van der Waals surface area (Å²) in [5.41, 5.74) is 0.136. The second-order valence-electron chi connectivity index (χ2n) is 3.31. The Balaban J connectivity index is 2.65. The first-order valence-electron chi connectivity index (χ1n) is 4.79. The van der Waals surface area contributed by atoms with Gasteiger partial charge in [-0.25, -0.2) is 9.37 Å². The Morgan fingerprint density at radius 2 is 1.89 bits per heavy atom. The quantitative estimate of drug-likeness (QED) is 0.753. The van der Waals surface area contributed by atoms with Crippen molar-refractivity contribution in [3.05, 3.63) is 47.3 Å². The van der Waals surface area contributed by atoms with Gasteiger partial charge in [0.1, 0.15) is 24.3 Å². The molecule has 0 saturated carbocycles. The zero-order valence-corrected chi connectivity index (χ0v) is 8.92. The van der Waals surface area contributed by atoms with Gasteiger partial charge in [-0.1, -0.05) is 0 Å². The van der Waals surface area contributed by atoms with Crippen molar-refractivity contribution >= 4 is 0 Å². The van der Waals surface area contributed by atoms with E-state index in [2.05, 4.69) is 4.98 Å².